The number of aromatic nitrogens is 4. The van der Waals surface area contributed by atoms with Crippen LogP contribution in [0.15, 0.2) is 34.1 Å². The molecule has 0 radical (unpaired) electrons. The lowest BCUT2D eigenvalue weighted by molar-refractivity contribution is -0.115. The normalized spacial score (nSPS) is 34.9. The predicted molar refractivity (Wildman–Crippen MR) is 205 cm³/mol. The van der Waals surface area contributed by atoms with Crippen molar-refractivity contribution in [3.63, 3.8) is 0 Å². The minimum atomic E-state index is -1.30. The third-order valence-electron chi connectivity index (χ3n) is 12.0. The average molecular weight is 799 g/mol. The fourth-order valence-electron chi connectivity index (χ4n) is 7.77. The van der Waals surface area contributed by atoms with E-state index in [4.69, 9.17) is 19.3 Å². The van der Waals surface area contributed by atoms with Gasteiger partial charge in [-0.25, -0.2) is 22.8 Å². The molecule has 2 aromatic heterocycles. The van der Waals surface area contributed by atoms with E-state index in [1.807, 2.05) is 62.3 Å². The Morgan fingerprint density at radius 3 is 1.23 bits per heavy atom. The van der Waals surface area contributed by atoms with E-state index in [0.717, 1.165) is 15.6 Å². The molecule has 0 spiro atoms. The second-order valence-electron chi connectivity index (χ2n) is 15.4. The Hall–Kier alpha value is -3.67. The van der Waals surface area contributed by atoms with Crippen molar-refractivity contribution in [2.24, 2.45) is 16.2 Å². The molecular formula is C39H61F3N6O8. The summed E-state index contributed by atoms with van der Waals surface area (Å²) in [5, 5.41) is 14.0. The molecule has 0 saturated carbocycles. The second kappa shape index (κ2) is 19.2. The number of nitrogens with zero attached hydrogens (tertiary/aromatic N) is 4. The summed E-state index contributed by atoms with van der Waals surface area (Å²) in [7, 11) is 0. The lowest BCUT2D eigenvalue weighted by Crippen LogP contribution is -2.36. The summed E-state index contributed by atoms with van der Waals surface area (Å²) < 4.78 is 62.1. The van der Waals surface area contributed by atoms with Gasteiger partial charge in [-0.1, -0.05) is 62.3 Å². The van der Waals surface area contributed by atoms with Crippen molar-refractivity contribution in [2.75, 3.05) is 10.6 Å². The minimum Gasteiger partial charge on any atom is -0.366 e. The van der Waals surface area contributed by atoms with Crippen LogP contribution in [-0.2, 0) is 23.8 Å². The zero-order valence-electron chi connectivity index (χ0n) is 34.5. The van der Waals surface area contributed by atoms with Gasteiger partial charge in [-0.05, 0) is 50.7 Å². The van der Waals surface area contributed by atoms with Crippen LogP contribution in [0.2, 0.25) is 0 Å². The first-order valence-corrected chi connectivity index (χ1v) is 19.5. The second-order valence-corrected chi connectivity index (χ2v) is 15.4. The van der Waals surface area contributed by atoms with Crippen LogP contribution in [0.1, 0.15) is 127 Å². The SMILES string of the molecule is CC[C@H]1OC(O)[C@@H](F)[C@]1(C)CC.CC[C@H]1O[C@@H](n2ccc(NC(C)=O)nc2=O)[C@@H](F)[C@]1(C)CC.CC[C@H]1O[C@H](n2ccc(NC(C)=O)nc2=O)[C@@H](F)[C@]1(C)CC. The van der Waals surface area contributed by atoms with E-state index in [0.29, 0.717) is 32.1 Å². The number of ether oxygens (including phenoxy) is 3. The van der Waals surface area contributed by atoms with Crippen LogP contribution in [0.3, 0.4) is 0 Å². The topological polar surface area (TPSA) is 176 Å². The smallest absolute Gasteiger partial charge is 0.351 e. The number of rotatable bonds is 10. The monoisotopic (exact) mass is 798 g/mol. The van der Waals surface area contributed by atoms with Crippen LogP contribution in [0.5, 0.6) is 0 Å². The molecule has 3 N–H and O–H groups in total. The quantitative estimate of drug-likeness (QED) is 0.244. The number of nitrogens with one attached hydrogen (secondary N) is 2. The molecule has 0 aromatic carbocycles. The Morgan fingerprint density at radius 2 is 0.982 bits per heavy atom. The number of hydrogen-bond acceptors (Lipinski definition) is 10. The van der Waals surface area contributed by atoms with Gasteiger partial charge in [0.2, 0.25) is 11.8 Å². The van der Waals surface area contributed by atoms with Gasteiger partial charge < -0.3 is 30.0 Å². The zero-order valence-corrected chi connectivity index (χ0v) is 34.5. The molecule has 56 heavy (non-hydrogen) atoms. The van der Waals surface area contributed by atoms with Gasteiger partial charge in [0, 0.05) is 42.5 Å². The number of aliphatic hydroxyl groups is 1. The summed E-state index contributed by atoms with van der Waals surface area (Å²) in [6.45, 7) is 19.8. The number of anilines is 2. The molecule has 5 rings (SSSR count). The van der Waals surface area contributed by atoms with Crippen molar-refractivity contribution >= 4 is 23.5 Å². The first-order chi connectivity index (χ1) is 26.2. The molecule has 2 aromatic rings. The largest absolute Gasteiger partial charge is 0.366 e. The highest BCUT2D eigenvalue weighted by Gasteiger charge is 2.55. The molecule has 0 aliphatic carbocycles. The number of halogens is 3. The van der Waals surface area contributed by atoms with Crippen molar-refractivity contribution in [3.8, 4) is 0 Å². The summed E-state index contributed by atoms with van der Waals surface area (Å²) in [5.41, 5.74) is -3.05. The average Bonchev–Trinajstić information content (AvgIpc) is 3.66. The molecular weight excluding hydrogens is 737 g/mol. The standard InChI is InChI=1S/2C15H22FN3O3.C9H17FO2/c2*1-5-10-15(4,6-2)12(16)13(22-10)19-8-7-11(17-9(3)20)18-14(19)21;1-4-6-9(3,5-2)7(10)8(11)12-6/h2*7-8,10,12-13H,5-6H2,1-4H3,(H,17,18,20,21);6-8,11H,4-5H2,1-3H3/t10-,12-,13+,15-;10-,12-,13-,15-;6-,7-,8?,9-/m111/s1. The predicted octanol–water partition coefficient (Wildman–Crippen LogP) is 6.40. The van der Waals surface area contributed by atoms with E-state index in [1.165, 1.54) is 38.4 Å². The Kier molecular flexibility index (Phi) is 16.0. The molecule has 3 fully saturated rings. The first kappa shape index (κ1) is 46.7. The van der Waals surface area contributed by atoms with Crippen molar-refractivity contribution in [2.45, 2.75) is 170 Å². The van der Waals surface area contributed by atoms with E-state index >= 15 is 0 Å². The maximum atomic E-state index is 14.9. The van der Waals surface area contributed by atoms with Gasteiger partial charge in [-0.15, -0.1) is 0 Å². The van der Waals surface area contributed by atoms with Gasteiger partial charge >= 0.3 is 11.4 Å². The minimum absolute atomic E-state index is 0.146. The number of hydrogen-bond donors (Lipinski definition) is 3. The highest BCUT2D eigenvalue weighted by molar-refractivity contribution is 5.87. The lowest BCUT2D eigenvalue weighted by atomic mass is 9.78. The van der Waals surface area contributed by atoms with Crippen LogP contribution in [0, 0.1) is 16.2 Å². The number of aliphatic hydroxyl groups excluding tert-OH is 1. The summed E-state index contributed by atoms with van der Waals surface area (Å²) in [5.74, 6) is -0.357. The molecule has 17 heteroatoms. The highest BCUT2D eigenvalue weighted by atomic mass is 19.1. The molecule has 316 valence electrons. The van der Waals surface area contributed by atoms with E-state index in [-0.39, 0.29) is 41.8 Å². The number of carbonyl (C=O) groups is 2. The van der Waals surface area contributed by atoms with Crippen molar-refractivity contribution < 1.29 is 42.1 Å². The van der Waals surface area contributed by atoms with Crippen LogP contribution in [0.25, 0.3) is 0 Å². The molecule has 1 unspecified atom stereocenters. The van der Waals surface area contributed by atoms with Gasteiger partial charge in [0.05, 0.1) is 18.3 Å². The summed E-state index contributed by atoms with van der Waals surface area (Å²) >= 11 is 0. The summed E-state index contributed by atoms with van der Waals surface area (Å²) in [6.07, 6.45) is -0.821. The van der Waals surface area contributed by atoms with E-state index in [2.05, 4.69) is 20.6 Å². The molecule has 0 bridgehead atoms. The Morgan fingerprint density at radius 1 is 0.661 bits per heavy atom. The van der Waals surface area contributed by atoms with Gasteiger partial charge in [0.1, 0.15) is 11.6 Å². The number of amides is 2. The Balaban J connectivity index is 0.000000236. The maximum Gasteiger partial charge on any atom is 0.351 e. The van der Waals surface area contributed by atoms with Gasteiger partial charge in [0.25, 0.3) is 0 Å². The number of alkyl halides is 3. The molecule has 5 heterocycles. The van der Waals surface area contributed by atoms with Crippen molar-refractivity contribution in [1.82, 2.24) is 19.1 Å². The first-order valence-electron chi connectivity index (χ1n) is 19.5. The fourth-order valence-corrected chi connectivity index (χ4v) is 7.77. The third kappa shape index (κ3) is 9.54. The van der Waals surface area contributed by atoms with E-state index in [9.17, 15) is 32.3 Å². The van der Waals surface area contributed by atoms with Crippen molar-refractivity contribution in [1.29, 1.82) is 0 Å². The fraction of sp³-hybridized carbons (Fsp3) is 0.744. The highest BCUT2D eigenvalue weighted by Crippen LogP contribution is 2.49. The molecule has 3 saturated heterocycles. The van der Waals surface area contributed by atoms with E-state index in [1.54, 1.807) is 0 Å². The lowest BCUT2D eigenvalue weighted by Gasteiger charge is -2.29. The molecule has 14 nitrogen and oxygen atoms in total. The third-order valence-corrected chi connectivity index (χ3v) is 12.0. The van der Waals surface area contributed by atoms with Crippen LogP contribution in [0.4, 0.5) is 24.8 Å². The summed E-state index contributed by atoms with van der Waals surface area (Å²) in [4.78, 5) is 53.7. The zero-order chi connectivity index (χ0) is 42.3. The van der Waals surface area contributed by atoms with Gasteiger partial charge in [0.15, 0.2) is 37.3 Å². The van der Waals surface area contributed by atoms with Gasteiger partial charge in [-0.2, -0.15) is 9.97 Å². The van der Waals surface area contributed by atoms with Crippen LogP contribution < -0.4 is 22.0 Å². The Labute approximate surface area is 326 Å². The number of carbonyl (C=O) groups excluding carboxylic acids is 2. The summed E-state index contributed by atoms with van der Waals surface area (Å²) in [6, 6.07) is 2.92. The van der Waals surface area contributed by atoms with E-state index < -0.39 is 64.9 Å². The maximum absolute atomic E-state index is 14.9. The van der Waals surface area contributed by atoms with Crippen LogP contribution in [-0.4, -0.2) is 79.1 Å². The van der Waals surface area contributed by atoms with Crippen LogP contribution >= 0.6 is 0 Å². The molecule has 12 atom stereocenters. The Bertz CT molecular complexity index is 1660. The molecule has 3 aliphatic heterocycles. The molecule has 2 amide bonds. The molecule has 3 aliphatic rings. The van der Waals surface area contributed by atoms with Crippen molar-refractivity contribution in [3.05, 3.63) is 45.5 Å². The van der Waals surface area contributed by atoms with Gasteiger partial charge in [-0.3, -0.25) is 18.7 Å².